The van der Waals surface area contributed by atoms with Crippen LogP contribution < -0.4 is 4.74 Å². The number of alkyl halides is 2. The molecule has 2 aliphatic rings. The first kappa shape index (κ1) is 23.7. The quantitative estimate of drug-likeness (QED) is 0.401. The molecule has 4 rings (SSSR count). The molecule has 0 bridgehead atoms. The van der Waals surface area contributed by atoms with Gasteiger partial charge in [-0.25, -0.2) is 9.18 Å². The van der Waals surface area contributed by atoms with Crippen LogP contribution in [0.1, 0.15) is 91.8 Å². The van der Waals surface area contributed by atoms with Crippen LogP contribution in [-0.4, -0.2) is 12.1 Å². The van der Waals surface area contributed by atoms with E-state index in [-0.39, 0.29) is 17.2 Å². The Bertz CT molecular complexity index is 979. The fraction of sp³-hybridized carbons (Fsp3) is 0.519. The van der Waals surface area contributed by atoms with Gasteiger partial charge in [0.15, 0.2) is 11.6 Å². The number of ether oxygens (including phenoxy) is 2. The Labute approximate surface area is 193 Å². The molecule has 1 unspecified atom stereocenters. The van der Waals surface area contributed by atoms with Crippen LogP contribution >= 0.6 is 0 Å². The van der Waals surface area contributed by atoms with Crippen LogP contribution in [0.5, 0.6) is 5.75 Å². The molecule has 1 heterocycles. The summed E-state index contributed by atoms with van der Waals surface area (Å²) in [7, 11) is 0. The molecule has 1 atom stereocenters. The Morgan fingerprint density at radius 3 is 2.36 bits per heavy atom. The maximum Gasteiger partial charge on any atom is 0.426 e. The number of carbonyl (C=O) groups excluding carboxylic acids is 1. The Kier molecular flexibility index (Phi) is 7.01. The van der Waals surface area contributed by atoms with Crippen molar-refractivity contribution in [3.05, 3.63) is 64.5 Å². The van der Waals surface area contributed by atoms with Crippen LogP contribution in [0.2, 0.25) is 0 Å². The van der Waals surface area contributed by atoms with Gasteiger partial charge in [0.2, 0.25) is 0 Å². The van der Waals surface area contributed by atoms with E-state index in [1.54, 1.807) is 12.1 Å². The minimum atomic E-state index is -3.74. The summed E-state index contributed by atoms with van der Waals surface area (Å²) >= 11 is 0. The maximum atomic E-state index is 15.0. The fourth-order valence-corrected chi connectivity index (χ4v) is 5.10. The lowest BCUT2D eigenvalue weighted by molar-refractivity contribution is -0.187. The lowest BCUT2D eigenvalue weighted by Gasteiger charge is -2.28. The molecule has 33 heavy (non-hydrogen) atoms. The van der Waals surface area contributed by atoms with Crippen LogP contribution in [0.3, 0.4) is 0 Å². The lowest BCUT2D eigenvalue weighted by atomic mass is 9.78. The Morgan fingerprint density at radius 1 is 1.03 bits per heavy atom. The average Bonchev–Trinajstić information content (AvgIpc) is 2.81. The highest BCUT2D eigenvalue weighted by Gasteiger charge is 2.38. The third-order valence-electron chi connectivity index (χ3n) is 7.11. The van der Waals surface area contributed by atoms with E-state index < -0.39 is 23.6 Å². The van der Waals surface area contributed by atoms with E-state index in [0.717, 1.165) is 30.7 Å². The number of hydrogen-bond donors (Lipinski definition) is 0. The number of esters is 1. The van der Waals surface area contributed by atoms with Gasteiger partial charge in [-0.15, -0.1) is 0 Å². The predicted molar refractivity (Wildman–Crippen MR) is 120 cm³/mol. The first-order valence-corrected chi connectivity index (χ1v) is 12.0. The Hall–Kier alpha value is -2.50. The summed E-state index contributed by atoms with van der Waals surface area (Å²) < 4.78 is 54.8. The molecular formula is C27H31F3O3. The highest BCUT2D eigenvalue weighted by molar-refractivity contribution is 5.93. The maximum absolute atomic E-state index is 15.0. The monoisotopic (exact) mass is 460 g/mol. The Balaban J connectivity index is 1.49. The zero-order valence-electron chi connectivity index (χ0n) is 19.2. The van der Waals surface area contributed by atoms with E-state index in [9.17, 15) is 18.0 Å². The zero-order chi connectivity index (χ0) is 23.6. The van der Waals surface area contributed by atoms with Gasteiger partial charge in [-0.2, -0.15) is 8.78 Å². The lowest BCUT2D eigenvalue weighted by Crippen LogP contribution is -2.29. The van der Waals surface area contributed by atoms with Crippen molar-refractivity contribution in [1.82, 2.24) is 0 Å². The Morgan fingerprint density at radius 2 is 1.73 bits per heavy atom. The summed E-state index contributed by atoms with van der Waals surface area (Å²) in [5.74, 6) is -1.44. The highest BCUT2D eigenvalue weighted by atomic mass is 19.3. The molecule has 0 aromatic heterocycles. The molecule has 178 valence electrons. The third-order valence-corrected chi connectivity index (χ3v) is 7.11. The molecule has 0 amide bonds. The number of rotatable bonds is 7. The number of hydrogen-bond acceptors (Lipinski definition) is 3. The van der Waals surface area contributed by atoms with Gasteiger partial charge in [0.1, 0.15) is 11.7 Å². The number of cyclic esters (lactones) is 1. The van der Waals surface area contributed by atoms with Crippen LogP contribution in [0.4, 0.5) is 13.2 Å². The van der Waals surface area contributed by atoms with Crippen molar-refractivity contribution in [2.24, 2.45) is 5.92 Å². The van der Waals surface area contributed by atoms with Crippen molar-refractivity contribution in [2.45, 2.75) is 83.3 Å². The first-order valence-electron chi connectivity index (χ1n) is 12.0. The molecule has 0 N–H and O–H groups in total. The second-order valence-corrected chi connectivity index (χ2v) is 9.30. The van der Waals surface area contributed by atoms with Crippen LogP contribution in [0, 0.1) is 11.7 Å². The summed E-state index contributed by atoms with van der Waals surface area (Å²) in [6.45, 7) is 4.17. The van der Waals surface area contributed by atoms with Crippen molar-refractivity contribution < 1.29 is 27.4 Å². The molecule has 0 spiro atoms. The van der Waals surface area contributed by atoms with Crippen LogP contribution in [0.25, 0.3) is 0 Å². The molecule has 3 nitrogen and oxygen atoms in total. The van der Waals surface area contributed by atoms with E-state index in [1.807, 2.05) is 6.92 Å². The van der Waals surface area contributed by atoms with Gasteiger partial charge < -0.3 is 9.47 Å². The standard InChI is InChI=1S/C27H31F3O3/c1-3-5-22-16-20-12-15-23(25(28)24(20)26(31)32-22)33-27(29,30)21-13-10-19(11-14-21)18-8-6-17(4-2)7-9-18/h10-15,17-18,22H,3-9,16H2,1-2H3. The van der Waals surface area contributed by atoms with Crippen molar-refractivity contribution in [3.8, 4) is 5.75 Å². The third kappa shape index (κ3) is 5.04. The molecule has 1 aliphatic carbocycles. The van der Waals surface area contributed by atoms with Crippen molar-refractivity contribution >= 4 is 5.97 Å². The molecular weight excluding hydrogens is 429 g/mol. The number of benzene rings is 2. The summed E-state index contributed by atoms with van der Waals surface area (Å²) in [4.78, 5) is 12.3. The van der Waals surface area contributed by atoms with Gasteiger partial charge in [-0.3, -0.25) is 0 Å². The molecule has 1 fully saturated rings. The van der Waals surface area contributed by atoms with E-state index >= 15 is 0 Å². The second-order valence-electron chi connectivity index (χ2n) is 9.30. The highest BCUT2D eigenvalue weighted by Crippen LogP contribution is 2.39. The van der Waals surface area contributed by atoms with Crippen LogP contribution in [-0.2, 0) is 17.3 Å². The van der Waals surface area contributed by atoms with Gasteiger partial charge in [0.25, 0.3) is 0 Å². The number of carbonyl (C=O) groups is 1. The smallest absolute Gasteiger partial charge is 0.426 e. The average molecular weight is 461 g/mol. The summed E-state index contributed by atoms with van der Waals surface area (Å²) in [5.41, 5.74) is 0.846. The summed E-state index contributed by atoms with van der Waals surface area (Å²) in [6.07, 6.45) is 3.45. The van der Waals surface area contributed by atoms with Crippen molar-refractivity contribution in [3.63, 3.8) is 0 Å². The van der Waals surface area contributed by atoms with E-state index in [2.05, 4.69) is 6.92 Å². The fourth-order valence-electron chi connectivity index (χ4n) is 5.10. The van der Waals surface area contributed by atoms with Crippen molar-refractivity contribution in [2.75, 3.05) is 0 Å². The zero-order valence-corrected chi connectivity index (χ0v) is 19.2. The van der Waals surface area contributed by atoms with E-state index in [4.69, 9.17) is 9.47 Å². The molecule has 2 aromatic rings. The topological polar surface area (TPSA) is 35.5 Å². The summed E-state index contributed by atoms with van der Waals surface area (Å²) in [6, 6.07) is 8.78. The molecule has 1 aliphatic heterocycles. The molecule has 0 saturated heterocycles. The number of fused-ring (bicyclic) bond motifs is 1. The minimum absolute atomic E-state index is 0.311. The number of halogens is 3. The van der Waals surface area contributed by atoms with E-state index in [0.29, 0.717) is 24.3 Å². The van der Waals surface area contributed by atoms with Crippen molar-refractivity contribution in [1.29, 1.82) is 0 Å². The van der Waals surface area contributed by atoms with Crippen LogP contribution in [0.15, 0.2) is 36.4 Å². The van der Waals surface area contributed by atoms with E-state index in [1.165, 1.54) is 43.5 Å². The predicted octanol–water partition coefficient (Wildman–Crippen LogP) is 7.52. The van der Waals surface area contributed by atoms with Gasteiger partial charge in [-0.1, -0.05) is 44.9 Å². The minimum Gasteiger partial charge on any atom is -0.458 e. The summed E-state index contributed by atoms with van der Waals surface area (Å²) in [5, 5.41) is 0. The van der Waals surface area contributed by atoms with Gasteiger partial charge >= 0.3 is 12.1 Å². The molecule has 2 aromatic carbocycles. The molecule has 6 heteroatoms. The van der Waals surface area contributed by atoms with Gasteiger partial charge in [-0.05, 0) is 73.3 Å². The molecule has 1 saturated carbocycles. The molecule has 0 radical (unpaired) electrons. The SMILES string of the molecule is CCCC1Cc2ccc(OC(F)(F)c3ccc(C4CCC(CC)CC4)cc3)c(F)c2C(=O)O1. The largest absolute Gasteiger partial charge is 0.458 e. The van der Waals surface area contributed by atoms with Gasteiger partial charge in [0, 0.05) is 6.42 Å². The van der Waals surface area contributed by atoms with Gasteiger partial charge in [0.05, 0.1) is 5.56 Å². The normalized spacial score (nSPS) is 23.1. The first-order chi connectivity index (χ1) is 15.8. The second kappa shape index (κ2) is 9.78.